The van der Waals surface area contributed by atoms with Crippen LogP contribution >= 0.6 is 11.6 Å². The summed E-state index contributed by atoms with van der Waals surface area (Å²) in [6, 6.07) is 8.09. The summed E-state index contributed by atoms with van der Waals surface area (Å²) in [4.78, 5) is 31.2. The average molecular weight is 261 g/mol. The molecule has 90 valence electrons. The van der Waals surface area contributed by atoms with Gasteiger partial charge < -0.3 is 0 Å². The van der Waals surface area contributed by atoms with E-state index in [0.717, 1.165) is 0 Å². The Bertz CT molecular complexity index is 585. The predicted molar refractivity (Wildman–Crippen MR) is 66.8 cm³/mol. The van der Waals surface area contributed by atoms with Gasteiger partial charge in [-0.1, -0.05) is 23.7 Å². The number of nitrogens with zero attached hydrogens (tertiary/aromatic N) is 2. The molecule has 4 nitrogen and oxygen atoms in total. The molecule has 0 amide bonds. The maximum Gasteiger partial charge on any atom is 0.207 e. The molecule has 0 spiro atoms. The van der Waals surface area contributed by atoms with Gasteiger partial charge in [-0.25, -0.2) is 9.97 Å². The fraction of sp³-hybridized carbons (Fsp3) is 0.0769. The number of aromatic nitrogens is 2. The maximum atomic E-state index is 11.8. The highest BCUT2D eigenvalue weighted by atomic mass is 35.5. The summed E-state index contributed by atoms with van der Waals surface area (Å²) >= 11 is 5.78. The van der Waals surface area contributed by atoms with Crippen molar-refractivity contribution in [2.45, 2.75) is 6.42 Å². The summed E-state index contributed by atoms with van der Waals surface area (Å²) in [6.45, 7) is 0. The normalized spacial score (nSPS) is 10.1. The lowest BCUT2D eigenvalue weighted by atomic mass is 10.1. The Morgan fingerprint density at radius 3 is 2.44 bits per heavy atom. The molecule has 5 heteroatoms. The first-order valence-electron chi connectivity index (χ1n) is 5.26. The SMILES string of the molecule is O=C(CC(=O)c1ncccn1)c1cccc(Cl)c1. The second-order valence-electron chi connectivity index (χ2n) is 3.61. The molecule has 18 heavy (non-hydrogen) atoms. The first-order chi connectivity index (χ1) is 8.66. The lowest BCUT2D eigenvalue weighted by molar-refractivity contribution is 0.0888. The smallest absolute Gasteiger partial charge is 0.207 e. The number of benzene rings is 1. The van der Waals surface area contributed by atoms with Crippen LogP contribution in [-0.2, 0) is 0 Å². The van der Waals surface area contributed by atoms with Crippen LogP contribution in [0.15, 0.2) is 42.7 Å². The number of hydrogen-bond acceptors (Lipinski definition) is 4. The van der Waals surface area contributed by atoms with Crippen LogP contribution in [0.1, 0.15) is 27.4 Å². The number of ketones is 2. The summed E-state index contributed by atoms with van der Waals surface area (Å²) in [5.74, 6) is -0.650. The minimum absolute atomic E-state index is 0.0490. The monoisotopic (exact) mass is 260 g/mol. The molecule has 0 N–H and O–H groups in total. The molecule has 1 heterocycles. The fourth-order valence-electron chi connectivity index (χ4n) is 1.43. The third-order valence-corrected chi connectivity index (χ3v) is 2.52. The summed E-state index contributed by atoms with van der Waals surface area (Å²) in [5.41, 5.74) is 0.409. The van der Waals surface area contributed by atoms with Crippen molar-refractivity contribution in [1.82, 2.24) is 9.97 Å². The lowest BCUT2D eigenvalue weighted by Gasteiger charge is -2.00. The summed E-state index contributed by atoms with van der Waals surface area (Å²) in [6.07, 6.45) is 2.67. The van der Waals surface area contributed by atoms with Gasteiger partial charge in [0.2, 0.25) is 5.78 Å². The zero-order valence-electron chi connectivity index (χ0n) is 9.34. The van der Waals surface area contributed by atoms with Crippen LogP contribution in [0.25, 0.3) is 0 Å². The van der Waals surface area contributed by atoms with Gasteiger partial charge in [-0.2, -0.15) is 0 Å². The van der Waals surface area contributed by atoms with Gasteiger partial charge in [-0.3, -0.25) is 9.59 Å². The fourth-order valence-corrected chi connectivity index (χ4v) is 1.62. The first kappa shape index (κ1) is 12.4. The second-order valence-corrected chi connectivity index (χ2v) is 4.04. The molecule has 0 radical (unpaired) electrons. The molecule has 2 aromatic rings. The standard InChI is InChI=1S/C13H9ClN2O2/c14-10-4-1-3-9(7-10)11(17)8-12(18)13-15-5-2-6-16-13/h1-7H,8H2. The maximum absolute atomic E-state index is 11.8. The van der Waals surface area contributed by atoms with E-state index >= 15 is 0 Å². The molecule has 0 aliphatic rings. The van der Waals surface area contributed by atoms with E-state index in [9.17, 15) is 9.59 Å². The Kier molecular flexibility index (Phi) is 3.79. The molecular weight excluding hydrogens is 252 g/mol. The van der Waals surface area contributed by atoms with E-state index in [-0.39, 0.29) is 18.0 Å². The zero-order valence-corrected chi connectivity index (χ0v) is 10.1. The molecule has 2 rings (SSSR count). The zero-order chi connectivity index (χ0) is 13.0. The van der Waals surface area contributed by atoms with Crippen molar-refractivity contribution in [2.75, 3.05) is 0 Å². The van der Waals surface area contributed by atoms with Crippen LogP contribution in [0.2, 0.25) is 5.02 Å². The van der Waals surface area contributed by atoms with Gasteiger partial charge in [-0.05, 0) is 18.2 Å². The van der Waals surface area contributed by atoms with E-state index in [0.29, 0.717) is 10.6 Å². The molecule has 0 atom stereocenters. The quantitative estimate of drug-likeness (QED) is 0.626. The second kappa shape index (κ2) is 5.51. The van der Waals surface area contributed by atoms with Crippen LogP contribution < -0.4 is 0 Å². The van der Waals surface area contributed by atoms with Crippen LogP contribution in [0.3, 0.4) is 0 Å². The van der Waals surface area contributed by atoms with Crippen molar-refractivity contribution in [3.63, 3.8) is 0 Å². The van der Waals surface area contributed by atoms with E-state index in [1.807, 2.05) is 0 Å². The molecule has 0 aliphatic heterocycles. The first-order valence-corrected chi connectivity index (χ1v) is 5.63. The largest absolute Gasteiger partial charge is 0.294 e. The van der Waals surface area contributed by atoms with Crippen LogP contribution in [-0.4, -0.2) is 21.5 Å². The predicted octanol–water partition coefficient (Wildman–Crippen LogP) is 2.59. The number of carbonyl (C=O) groups is 2. The van der Waals surface area contributed by atoms with E-state index < -0.39 is 5.78 Å². The molecule has 1 aromatic carbocycles. The topological polar surface area (TPSA) is 59.9 Å². The van der Waals surface area contributed by atoms with Gasteiger partial charge in [0.05, 0.1) is 6.42 Å². The Morgan fingerprint density at radius 1 is 1.06 bits per heavy atom. The van der Waals surface area contributed by atoms with Gasteiger partial charge in [0, 0.05) is 23.0 Å². The Morgan fingerprint density at radius 2 is 1.78 bits per heavy atom. The lowest BCUT2D eigenvalue weighted by Crippen LogP contribution is -2.11. The Hall–Kier alpha value is -2.07. The van der Waals surface area contributed by atoms with Gasteiger partial charge in [0.15, 0.2) is 11.6 Å². The van der Waals surface area contributed by atoms with E-state index in [4.69, 9.17) is 11.6 Å². The molecule has 0 fully saturated rings. The Balaban J connectivity index is 2.11. The summed E-state index contributed by atoms with van der Waals surface area (Å²) < 4.78 is 0. The minimum Gasteiger partial charge on any atom is -0.294 e. The van der Waals surface area contributed by atoms with Crippen molar-refractivity contribution >= 4 is 23.2 Å². The van der Waals surface area contributed by atoms with Crippen molar-refractivity contribution in [3.8, 4) is 0 Å². The van der Waals surface area contributed by atoms with Gasteiger partial charge in [-0.15, -0.1) is 0 Å². The van der Waals surface area contributed by atoms with Crippen LogP contribution in [0, 0.1) is 0 Å². The van der Waals surface area contributed by atoms with Crippen molar-refractivity contribution < 1.29 is 9.59 Å². The van der Waals surface area contributed by atoms with E-state index in [2.05, 4.69) is 9.97 Å². The summed E-state index contributed by atoms with van der Waals surface area (Å²) in [7, 11) is 0. The van der Waals surface area contributed by atoms with E-state index in [1.54, 1.807) is 24.3 Å². The molecule has 0 bridgehead atoms. The van der Waals surface area contributed by atoms with Gasteiger partial charge in [0.25, 0.3) is 0 Å². The number of carbonyl (C=O) groups excluding carboxylic acids is 2. The van der Waals surface area contributed by atoms with Crippen molar-refractivity contribution in [2.24, 2.45) is 0 Å². The molecular formula is C13H9ClN2O2. The Labute approximate surface area is 109 Å². The van der Waals surface area contributed by atoms with Crippen LogP contribution in [0.5, 0.6) is 0 Å². The highest BCUT2D eigenvalue weighted by molar-refractivity contribution is 6.31. The third-order valence-electron chi connectivity index (χ3n) is 2.28. The molecule has 0 unspecified atom stereocenters. The molecule has 0 saturated carbocycles. The number of hydrogen-bond donors (Lipinski definition) is 0. The van der Waals surface area contributed by atoms with Gasteiger partial charge >= 0.3 is 0 Å². The molecule has 0 aliphatic carbocycles. The highest BCUT2D eigenvalue weighted by Gasteiger charge is 2.15. The molecule has 1 aromatic heterocycles. The van der Waals surface area contributed by atoms with E-state index in [1.165, 1.54) is 18.5 Å². The molecule has 0 saturated heterocycles. The van der Waals surface area contributed by atoms with Crippen LogP contribution in [0.4, 0.5) is 0 Å². The van der Waals surface area contributed by atoms with Crippen molar-refractivity contribution in [3.05, 3.63) is 59.1 Å². The summed E-state index contributed by atoms with van der Waals surface area (Å²) in [5, 5.41) is 0.462. The highest BCUT2D eigenvalue weighted by Crippen LogP contribution is 2.13. The van der Waals surface area contributed by atoms with Crippen molar-refractivity contribution in [1.29, 1.82) is 0 Å². The number of halogens is 1. The third kappa shape index (κ3) is 2.99. The average Bonchev–Trinajstić information content (AvgIpc) is 2.39. The number of Topliss-reactive ketones (excluding diaryl/α,β-unsaturated/α-hetero) is 2. The van der Waals surface area contributed by atoms with Gasteiger partial charge in [0.1, 0.15) is 0 Å². The number of rotatable bonds is 4. The minimum atomic E-state index is -0.402.